The molecule has 0 unspecified atom stereocenters. The van der Waals surface area contributed by atoms with Crippen LogP contribution in [0.25, 0.3) is 11.4 Å². The quantitative estimate of drug-likeness (QED) is 0.898. The summed E-state index contributed by atoms with van der Waals surface area (Å²) in [6.07, 6.45) is 1.19. The van der Waals surface area contributed by atoms with Crippen molar-refractivity contribution in [3.05, 3.63) is 24.3 Å². The monoisotopic (exact) mass is 308 g/mol. The Bertz CT molecular complexity index is 735. The number of hydrogen-bond acceptors (Lipinski definition) is 6. The first kappa shape index (κ1) is 14.0. The third-order valence-electron chi connectivity index (χ3n) is 3.30. The fourth-order valence-corrected chi connectivity index (χ4v) is 2.83. The van der Waals surface area contributed by atoms with Crippen LogP contribution in [0.1, 0.15) is 0 Å². The SMILES string of the molecule is CS(=O)(=O)c1cccc(-c2nc(N3CCOCC3)n[nH]2)c1. The summed E-state index contributed by atoms with van der Waals surface area (Å²) in [7, 11) is -3.24. The van der Waals surface area contributed by atoms with Gasteiger partial charge < -0.3 is 9.64 Å². The van der Waals surface area contributed by atoms with Gasteiger partial charge in [-0.15, -0.1) is 5.10 Å². The molecule has 2 aromatic rings. The smallest absolute Gasteiger partial charge is 0.245 e. The van der Waals surface area contributed by atoms with E-state index in [1.165, 1.54) is 6.26 Å². The van der Waals surface area contributed by atoms with Crippen molar-refractivity contribution in [3.8, 4) is 11.4 Å². The molecule has 1 aromatic carbocycles. The molecule has 1 N–H and O–H groups in total. The molecule has 2 heterocycles. The van der Waals surface area contributed by atoms with E-state index in [4.69, 9.17) is 4.74 Å². The molecule has 0 bridgehead atoms. The van der Waals surface area contributed by atoms with Crippen LogP contribution in [-0.4, -0.2) is 56.2 Å². The van der Waals surface area contributed by atoms with E-state index in [1.807, 2.05) is 4.90 Å². The number of H-pyrrole nitrogens is 1. The highest BCUT2D eigenvalue weighted by atomic mass is 32.2. The largest absolute Gasteiger partial charge is 0.378 e. The van der Waals surface area contributed by atoms with Crippen LogP contribution in [0, 0.1) is 0 Å². The van der Waals surface area contributed by atoms with Gasteiger partial charge in [0, 0.05) is 24.9 Å². The van der Waals surface area contributed by atoms with Crippen molar-refractivity contribution in [2.45, 2.75) is 4.90 Å². The van der Waals surface area contributed by atoms with E-state index < -0.39 is 9.84 Å². The van der Waals surface area contributed by atoms with Crippen molar-refractivity contribution < 1.29 is 13.2 Å². The van der Waals surface area contributed by atoms with E-state index in [1.54, 1.807) is 24.3 Å². The number of aromatic nitrogens is 3. The first-order valence-corrected chi connectivity index (χ1v) is 8.49. The molecule has 0 radical (unpaired) electrons. The van der Waals surface area contributed by atoms with Gasteiger partial charge in [-0.05, 0) is 12.1 Å². The molecular weight excluding hydrogens is 292 g/mol. The van der Waals surface area contributed by atoms with Crippen molar-refractivity contribution in [3.63, 3.8) is 0 Å². The van der Waals surface area contributed by atoms with Crippen LogP contribution < -0.4 is 4.90 Å². The lowest BCUT2D eigenvalue weighted by atomic mass is 10.2. The molecule has 21 heavy (non-hydrogen) atoms. The molecule has 1 aliphatic heterocycles. The molecule has 1 aromatic heterocycles. The second-order valence-corrected chi connectivity index (χ2v) is 6.90. The Morgan fingerprint density at radius 3 is 2.76 bits per heavy atom. The van der Waals surface area contributed by atoms with Gasteiger partial charge in [0.2, 0.25) is 5.95 Å². The maximum Gasteiger partial charge on any atom is 0.245 e. The van der Waals surface area contributed by atoms with Gasteiger partial charge in [0.25, 0.3) is 0 Å². The minimum absolute atomic E-state index is 0.268. The normalized spacial score (nSPS) is 16.1. The molecule has 0 spiro atoms. The van der Waals surface area contributed by atoms with Crippen molar-refractivity contribution in [2.75, 3.05) is 37.5 Å². The van der Waals surface area contributed by atoms with Gasteiger partial charge in [-0.2, -0.15) is 4.98 Å². The Balaban J connectivity index is 1.89. The van der Waals surface area contributed by atoms with Crippen LogP contribution in [0.5, 0.6) is 0 Å². The summed E-state index contributed by atoms with van der Waals surface area (Å²) in [5.41, 5.74) is 0.699. The summed E-state index contributed by atoms with van der Waals surface area (Å²) in [5, 5.41) is 7.05. The van der Waals surface area contributed by atoms with Crippen molar-refractivity contribution in [2.24, 2.45) is 0 Å². The molecule has 1 saturated heterocycles. The van der Waals surface area contributed by atoms with E-state index in [-0.39, 0.29) is 4.90 Å². The molecule has 112 valence electrons. The van der Waals surface area contributed by atoms with Crippen LogP contribution in [0.15, 0.2) is 29.2 Å². The van der Waals surface area contributed by atoms with E-state index in [9.17, 15) is 8.42 Å². The lowest BCUT2D eigenvalue weighted by molar-refractivity contribution is 0.122. The van der Waals surface area contributed by atoms with Crippen LogP contribution in [0.3, 0.4) is 0 Å². The Kier molecular flexibility index (Phi) is 3.64. The summed E-state index contributed by atoms with van der Waals surface area (Å²) in [5.74, 6) is 1.17. The number of ether oxygens (including phenoxy) is 1. The zero-order valence-electron chi connectivity index (χ0n) is 11.6. The maximum absolute atomic E-state index is 11.6. The van der Waals surface area contributed by atoms with Crippen LogP contribution in [0.2, 0.25) is 0 Å². The van der Waals surface area contributed by atoms with Crippen molar-refractivity contribution in [1.82, 2.24) is 15.2 Å². The minimum Gasteiger partial charge on any atom is -0.378 e. The number of benzene rings is 1. The zero-order chi connectivity index (χ0) is 14.9. The predicted octanol–water partition coefficient (Wildman–Crippen LogP) is 0.712. The Morgan fingerprint density at radius 2 is 2.05 bits per heavy atom. The summed E-state index contributed by atoms with van der Waals surface area (Å²) >= 11 is 0. The average molecular weight is 308 g/mol. The molecule has 7 nitrogen and oxygen atoms in total. The van der Waals surface area contributed by atoms with E-state index in [2.05, 4.69) is 15.2 Å². The third-order valence-corrected chi connectivity index (χ3v) is 4.41. The predicted molar refractivity (Wildman–Crippen MR) is 78.0 cm³/mol. The molecule has 1 fully saturated rings. The Hall–Kier alpha value is -1.93. The molecular formula is C13H16N4O3S. The fourth-order valence-electron chi connectivity index (χ4n) is 2.16. The van der Waals surface area contributed by atoms with Crippen molar-refractivity contribution in [1.29, 1.82) is 0 Å². The van der Waals surface area contributed by atoms with Crippen LogP contribution in [0.4, 0.5) is 5.95 Å². The van der Waals surface area contributed by atoms with Crippen LogP contribution in [-0.2, 0) is 14.6 Å². The number of anilines is 1. The van der Waals surface area contributed by atoms with Gasteiger partial charge in [-0.3, -0.25) is 5.10 Å². The average Bonchev–Trinajstić information content (AvgIpc) is 2.97. The molecule has 8 heteroatoms. The van der Waals surface area contributed by atoms with Gasteiger partial charge in [-0.25, -0.2) is 8.42 Å². The molecule has 1 aliphatic rings. The topological polar surface area (TPSA) is 88.2 Å². The van der Waals surface area contributed by atoms with Gasteiger partial charge >= 0.3 is 0 Å². The minimum atomic E-state index is -3.24. The van der Waals surface area contributed by atoms with E-state index in [0.29, 0.717) is 30.5 Å². The van der Waals surface area contributed by atoms with Gasteiger partial charge in [0.15, 0.2) is 15.7 Å². The Labute approximate surface area is 122 Å². The first-order valence-electron chi connectivity index (χ1n) is 6.59. The number of aromatic amines is 1. The molecule has 0 amide bonds. The highest BCUT2D eigenvalue weighted by molar-refractivity contribution is 7.90. The second kappa shape index (κ2) is 5.45. The van der Waals surface area contributed by atoms with E-state index >= 15 is 0 Å². The van der Waals surface area contributed by atoms with Crippen LogP contribution >= 0.6 is 0 Å². The number of nitrogens with zero attached hydrogens (tertiary/aromatic N) is 3. The third kappa shape index (κ3) is 3.06. The zero-order valence-corrected chi connectivity index (χ0v) is 12.4. The number of hydrogen-bond donors (Lipinski definition) is 1. The number of morpholine rings is 1. The van der Waals surface area contributed by atoms with Gasteiger partial charge in [-0.1, -0.05) is 12.1 Å². The number of sulfone groups is 1. The summed E-state index contributed by atoms with van der Waals surface area (Å²) in [6, 6.07) is 6.66. The number of nitrogens with one attached hydrogen (secondary N) is 1. The Morgan fingerprint density at radius 1 is 1.29 bits per heavy atom. The summed E-state index contributed by atoms with van der Waals surface area (Å²) < 4.78 is 28.5. The molecule has 3 rings (SSSR count). The summed E-state index contributed by atoms with van der Waals surface area (Å²) in [6.45, 7) is 2.82. The highest BCUT2D eigenvalue weighted by Gasteiger charge is 2.17. The lowest BCUT2D eigenvalue weighted by Crippen LogP contribution is -2.36. The second-order valence-electron chi connectivity index (χ2n) is 4.88. The first-order chi connectivity index (χ1) is 10.0. The lowest BCUT2D eigenvalue weighted by Gasteiger charge is -2.25. The standard InChI is InChI=1S/C13H16N4O3S/c1-21(18,19)11-4-2-3-10(9-11)12-14-13(16-15-12)17-5-7-20-8-6-17/h2-4,9H,5-8H2,1H3,(H,14,15,16). The molecule has 0 atom stereocenters. The number of rotatable bonds is 3. The van der Waals surface area contributed by atoms with Crippen molar-refractivity contribution >= 4 is 15.8 Å². The van der Waals surface area contributed by atoms with Gasteiger partial charge in [0.05, 0.1) is 18.1 Å². The highest BCUT2D eigenvalue weighted by Crippen LogP contribution is 2.21. The maximum atomic E-state index is 11.6. The molecule has 0 aliphatic carbocycles. The summed E-state index contributed by atoms with van der Waals surface area (Å²) in [4.78, 5) is 6.74. The van der Waals surface area contributed by atoms with E-state index in [0.717, 1.165) is 13.1 Å². The van der Waals surface area contributed by atoms with Gasteiger partial charge in [0.1, 0.15) is 0 Å². The molecule has 0 saturated carbocycles. The fraction of sp³-hybridized carbons (Fsp3) is 0.385.